The van der Waals surface area contributed by atoms with E-state index in [9.17, 15) is 4.79 Å². The van der Waals surface area contributed by atoms with Gasteiger partial charge in [0.1, 0.15) is 0 Å². The average Bonchev–Trinajstić information content (AvgIpc) is 2.34. The van der Waals surface area contributed by atoms with Crippen molar-refractivity contribution in [3.63, 3.8) is 0 Å². The predicted octanol–water partition coefficient (Wildman–Crippen LogP) is 3.40. The number of hydrogen-bond donors (Lipinski definition) is 1. The van der Waals surface area contributed by atoms with E-state index >= 15 is 0 Å². The molecule has 0 aliphatic heterocycles. The molecular formula is C13H10Cl2N2O. The Kier molecular flexibility index (Phi) is 3.84. The van der Waals surface area contributed by atoms with E-state index in [0.717, 1.165) is 0 Å². The van der Waals surface area contributed by atoms with Crippen LogP contribution >= 0.6 is 23.2 Å². The average molecular weight is 281 g/mol. The van der Waals surface area contributed by atoms with E-state index in [-0.39, 0.29) is 12.2 Å². The second-order valence-corrected chi connectivity index (χ2v) is 4.58. The molecule has 1 aromatic carbocycles. The number of nitrogens with zero attached hydrogens (tertiary/aromatic N) is 1. The molecule has 0 atom stereocenters. The van der Waals surface area contributed by atoms with Crippen LogP contribution < -0.4 is 5.73 Å². The van der Waals surface area contributed by atoms with E-state index in [1.54, 1.807) is 24.3 Å². The minimum atomic E-state index is -0.157. The van der Waals surface area contributed by atoms with Gasteiger partial charge in [-0.3, -0.25) is 9.78 Å². The molecule has 2 rings (SSSR count). The molecule has 0 aliphatic rings. The lowest BCUT2D eigenvalue weighted by molar-refractivity contribution is 0.0993. The summed E-state index contributed by atoms with van der Waals surface area (Å²) >= 11 is 12.0. The molecule has 5 heteroatoms. The molecule has 92 valence electrons. The largest absolute Gasteiger partial charge is 0.398 e. The number of benzene rings is 1. The molecule has 18 heavy (non-hydrogen) atoms. The van der Waals surface area contributed by atoms with Gasteiger partial charge in [0, 0.05) is 34.5 Å². The zero-order valence-electron chi connectivity index (χ0n) is 9.36. The Hall–Kier alpha value is -1.58. The van der Waals surface area contributed by atoms with Gasteiger partial charge in [0.15, 0.2) is 5.78 Å². The number of anilines is 1. The minimum Gasteiger partial charge on any atom is -0.398 e. The first kappa shape index (κ1) is 12.9. The summed E-state index contributed by atoms with van der Waals surface area (Å²) < 4.78 is 0. The second-order valence-electron chi connectivity index (χ2n) is 3.76. The molecule has 0 spiro atoms. The Balaban J connectivity index is 2.30. The molecule has 0 saturated carbocycles. The standard InChI is InChI=1S/C13H10Cl2N2O/c14-10-2-1-3-11(15)8(10)6-13(18)9-7-17-5-4-12(9)16/h1-5,7H,6H2,(H2,16,17). The van der Waals surface area contributed by atoms with Crippen molar-refractivity contribution in [2.75, 3.05) is 5.73 Å². The van der Waals surface area contributed by atoms with Crippen LogP contribution in [0.1, 0.15) is 15.9 Å². The molecule has 0 aliphatic carbocycles. The van der Waals surface area contributed by atoms with Crippen molar-refractivity contribution in [3.8, 4) is 0 Å². The molecule has 0 saturated heterocycles. The molecule has 3 nitrogen and oxygen atoms in total. The van der Waals surface area contributed by atoms with Crippen LogP contribution in [0, 0.1) is 0 Å². The number of hydrogen-bond acceptors (Lipinski definition) is 3. The van der Waals surface area contributed by atoms with Gasteiger partial charge >= 0.3 is 0 Å². The smallest absolute Gasteiger partial charge is 0.170 e. The topological polar surface area (TPSA) is 56.0 Å². The van der Waals surface area contributed by atoms with E-state index in [2.05, 4.69) is 4.98 Å². The van der Waals surface area contributed by atoms with Crippen molar-refractivity contribution in [2.45, 2.75) is 6.42 Å². The van der Waals surface area contributed by atoms with E-state index in [0.29, 0.717) is 26.9 Å². The SMILES string of the molecule is Nc1ccncc1C(=O)Cc1c(Cl)cccc1Cl. The quantitative estimate of drug-likeness (QED) is 0.877. The molecule has 0 bridgehead atoms. The fourth-order valence-electron chi connectivity index (χ4n) is 1.60. The summed E-state index contributed by atoms with van der Waals surface area (Å²) in [6, 6.07) is 6.71. The normalized spacial score (nSPS) is 10.3. The molecule has 2 aromatic rings. The van der Waals surface area contributed by atoms with Crippen molar-refractivity contribution in [3.05, 3.63) is 57.8 Å². The zero-order valence-corrected chi connectivity index (χ0v) is 10.9. The second kappa shape index (κ2) is 5.38. The monoisotopic (exact) mass is 280 g/mol. The molecule has 2 N–H and O–H groups in total. The van der Waals surface area contributed by atoms with Gasteiger partial charge in [0.05, 0.1) is 5.56 Å². The van der Waals surface area contributed by atoms with Crippen LogP contribution in [0.5, 0.6) is 0 Å². The minimum absolute atomic E-state index is 0.106. The summed E-state index contributed by atoms with van der Waals surface area (Å²) in [6.07, 6.45) is 3.09. The lowest BCUT2D eigenvalue weighted by Gasteiger charge is -2.07. The fourth-order valence-corrected chi connectivity index (χ4v) is 2.13. The number of pyridine rings is 1. The molecule has 0 fully saturated rings. The highest BCUT2D eigenvalue weighted by Gasteiger charge is 2.14. The van der Waals surface area contributed by atoms with E-state index in [1.807, 2.05) is 0 Å². The Morgan fingerprint density at radius 2 is 1.89 bits per heavy atom. The van der Waals surface area contributed by atoms with Crippen molar-refractivity contribution in [1.29, 1.82) is 0 Å². The van der Waals surface area contributed by atoms with Crippen LogP contribution in [0.15, 0.2) is 36.7 Å². The van der Waals surface area contributed by atoms with E-state index in [4.69, 9.17) is 28.9 Å². The third-order valence-corrected chi connectivity index (χ3v) is 3.26. The lowest BCUT2D eigenvalue weighted by Crippen LogP contribution is -2.08. The van der Waals surface area contributed by atoms with Crippen LogP contribution in [-0.2, 0) is 6.42 Å². The summed E-state index contributed by atoms with van der Waals surface area (Å²) in [5.41, 5.74) is 7.11. The first-order valence-corrected chi connectivity index (χ1v) is 6.00. The predicted molar refractivity (Wildman–Crippen MR) is 73.1 cm³/mol. The Morgan fingerprint density at radius 1 is 1.22 bits per heavy atom. The van der Waals surface area contributed by atoms with Gasteiger partial charge in [0.2, 0.25) is 0 Å². The molecule has 0 unspecified atom stereocenters. The number of rotatable bonds is 3. The summed E-state index contributed by atoms with van der Waals surface area (Å²) in [7, 11) is 0. The van der Waals surface area contributed by atoms with Crippen LogP contribution in [0.2, 0.25) is 10.0 Å². The third kappa shape index (κ3) is 2.63. The molecule has 0 amide bonds. The maximum atomic E-state index is 12.1. The van der Waals surface area contributed by atoms with Gasteiger partial charge in [-0.25, -0.2) is 0 Å². The highest BCUT2D eigenvalue weighted by atomic mass is 35.5. The first-order chi connectivity index (χ1) is 8.59. The van der Waals surface area contributed by atoms with E-state index < -0.39 is 0 Å². The van der Waals surface area contributed by atoms with Gasteiger partial charge in [-0.1, -0.05) is 29.3 Å². The van der Waals surface area contributed by atoms with Crippen LogP contribution in [0.4, 0.5) is 5.69 Å². The Labute approximate surface area is 115 Å². The van der Waals surface area contributed by atoms with Gasteiger partial charge < -0.3 is 5.73 Å². The highest BCUT2D eigenvalue weighted by Crippen LogP contribution is 2.26. The van der Waals surface area contributed by atoms with E-state index in [1.165, 1.54) is 12.4 Å². The number of aromatic nitrogens is 1. The zero-order chi connectivity index (χ0) is 13.1. The molecule has 1 heterocycles. The highest BCUT2D eigenvalue weighted by molar-refractivity contribution is 6.36. The number of ketones is 1. The Bertz CT molecular complexity index is 579. The molecule has 0 radical (unpaired) electrons. The maximum Gasteiger partial charge on any atom is 0.170 e. The van der Waals surface area contributed by atoms with Crippen molar-refractivity contribution in [2.24, 2.45) is 0 Å². The third-order valence-electron chi connectivity index (χ3n) is 2.55. The van der Waals surface area contributed by atoms with Crippen LogP contribution in [0.3, 0.4) is 0 Å². The number of halogens is 2. The lowest BCUT2D eigenvalue weighted by atomic mass is 10.0. The number of carbonyl (C=O) groups is 1. The van der Waals surface area contributed by atoms with Crippen molar-refractivity contribution < 1.29 is 4.79 Å². The number of nitrogens with two attached hydrogens (primary N) is 1. The summed E-state index contributed by atoms with van der Waals surface area (Å²) in [4.78, 5) is 16.0. The number of Topliss-reactive ketones (excluding diaryl/α,β-unsaturated/α-hetero) is 1. The van der Waals surface area contributed by atoms with Crippen molar-refractivity contribution >= 4 is 34.7 Å². The van der Waals surface area contributed by atoms with Gasteiger partial charge in [0.25, 0.3) is 0 Å². The first-order valence-electron chi connectivity index (χ1n) is 5.25. The summed E-state index contributed by atoms with van der Waals surface area (Å²) in [6.45, 7) is 0. The van der Waals surface area contributed by atoms with Crippen molar-refractivity contribution in [1.82, 2.24) is 4.98 Å². The maximum absolute atomic E-state index is 12.1. The fraction of sp³-hybridized carbons (Fsp3) is 0.0769. The summed E-state index contributed by atoms with van der Waals surface area (Å²) in [5.74, 6) is -0.157. The molecule has 1 aromatic heterocycles. The number of nitrogen functional groups attached to an aromatic ring is 1. The Morgan fingerprint density at radius 3 is 2.50 bits per heavy atom. The van der Waals surface area contributed by atoms with Gasteiger partial charge in [-0.05, 0) is 23.8 Å². The van der Waals surface area contributed by atoms with Gasteiger partial charge in [-0.15, -0.1) is 0 Å². The van der Waals surface area contributed by atoms with Crippen LogP contribution in [0.25, 0.3) is 0 Å². The van der Waals surface area contributed by atoms with Crippen LogP contribution in [-0.4, -0.2) is 10.8 Å². The number of carbonyl (C=O) groups excluding carboxylic acids is 1. The summed E-state index contributed by atoms with van der Waals surface area (Å²) in [5, 5.41) is 0.941. The van der Waals surface area contributed by atoms with Gasteiger partial charge in [-0.2, -0.15) is 0 Å². The molecular weight excluding hydrogens is 271 g/mol.